The molecule has 0 aromatic rings. The van der Waals surface area contributed by atoms with E-state index in [1.165, 1.54) is 38.5 Å². The van der Waals surface area contributed by atoms with Gasteiger partial charge in [0.05, 0.1) is 0 Å². The summed E-state index contributed by atoms with van der Waals surface area (Å²) < 4.78 is 5.60. The molecule has 3 nitrogen and oxygen atoms in total. The number of rotatable bonds is 7. The van der Waals surface area contributed by atoms with Crippen LogP contribution in [-0.4, -0.2) is 17.9 Å². The molecule has 3 heteroatoms. The number of hydrogen-bond acceptors (Lipinski definition) is 3. The second-order valence-electron chi connectivity index (χ2n) is 13.1. The zero-order valence-electron chi connectivity index (χ0n) is 22.1. The quantitative estimate of drug-likeness (QED) is 0.294. The molecule has 186 valence electrons. The summed E-state index contributed by atoms with van der Waals surface area (Å²) in [5.74, 6) is 4.65. The van der Waals surface area contributed by atoms with Crippen LogP contribution < -0.4 is 0 Å². The van der Waals surface area contributed by atoms with Crippen LogP contribution in [0.1, 0.15) is 112 Å². The summed E-state index contributed by atoms with van der Waals surface area (Å²) in [7, 11) is 0. The van der Waals surface area contributed by atoms with E-state index in [9.17, 15) is 9.59 Å². The first-order chi connectivity index (χ1) is 15.5. The second-order valence-corrected chi connectivity index (χ2v) is 13.1. The Kier molecular flexibility index (Phi) is 7.19. The molecule has 0 aliphatic heterocycles. The zero-order chi connectivity index (χ0) is 24.0. The molecule has 0 saturated heterocycles. The molecule has 4 aliphatic rings. The highest BCUT2D eigenvalue weighted by molar-refractivity contribution is 5.78. The van der Waals surface area contributed by atoms with Gasteiger partial charge >= 0.3 is 5.97 Å². The Morgan fingerprint density at radius 3 is 2.52 bits per heavy atom. The average molecular weight is 457 g/mol. The number of ether oxygens (including phenoxy) is 1. The van der Waals surface area contributed by atoms with Gasteiger partial charge in [-0.25, -0.2) is 0 Å². The standard InChI is InChI=1S/C30H48O3/c1-19(2)17-23(32)9-7-20(3)26-11-12-27-25-10-8-22-18-24(33-21(4)31)13-15-29(22,5)28(25)14-16-30(26,27)6/h8,19-20,24-28H,7,9-18H2,1-6H3/t20-,24+,25+,26-,27+,28+,29+,30-/m1/s1. The molecule has 0 bridgehead atoms. The van der Waals surface area contributed by atoms with Gasteiger partial charge in [-0.2, -0.15) is 0 Å². The van der Waals surface area contributed by atoms with E-state index in [1.54, 1.807) is 12.5 Å². The maximum absolute atomic E-state index is 12.3. The minimum Gasteiger partial charge on any atom is -0.462 e. The summed E-state index contributed by atoms with van der Waals surface area (Å²) in [6, 6.07) is 0. The van der Waals surface area contributed by atoms with Gasteiger partial charge in [-0.1, -0.05) is 46.3 Å². The third-order valence-corrected chi connectivity index (χ3v) is 10.7. The second kappa shape index (κ2) is 9.50. The molecular formula is C30H48O3. The van der Waals surface area contributed by atoms with Gasteiger partial charge in [-0.05, 0) is 97.7 Å². The van der Waals surface area contributed by atoms with Crippen LogP contribution in [0.2, 0.25) is 0 Å². The first-order valence-corrected chi connectivity index (χ1v) is 13.9. The summed E-state index contributed by atoms with van der Waals surface area (Å²) in [6.45, 7) is 13.4. The molecule has 0 amide bonds. The van der Waals surface area contributed by atoms with Crippen molar-refractivity contribution in [2.75, 3.05) is 0 Å². The molecule has 4 rings (SSSR count). The first kappa shape index (κ1) is 25.0. The molecule has 0 spiro atoms. The normalized spacial score (nSPS) is 40.9. The Bertz CT molecular complexity index is 781. The highest BCUT2D eigenvalue weighted by Crippen LogP contribution is 2.67. The summed E-state index contributed by atoms with van der Waals surface area (Å²) >= 11 is 0. The van der Waals surface area contributed by atoms with Gasteiger partial charge in [0.25, 0.3) is 0 Å². The van der Waals surface area contributed by atoms with Crippen molar-refractivity contribution in [1.82, 2.24) is 0 Å². The average Bonchev–Trinajstić information content (AvgIpc) is 3.09. The predicted octanol–water partition coefficient (Wildman–Crippen LogP) is 7.53. The minimum absolute atomic E-state index is 0.0855. The van der Waals surface area contributed by atoms with E-state index in [4.69, 9.17) is 4.74 Å². The number of Topliss-reactive ketones (excluding diaryl/α,β-unsaturated/α-hetero) is 1. The Labute approximate surface area is 202 Å². The Hall–Kier alpha value is -1.12. The van der Waals surface area contributed by atoms with E-state index >= 15 is 0 Å². The van der Waals surface area contributed by atoms with E-state index in [1.807, 2.05) is 0 Å². The van der Waals surface area contributed by atoms with Crippen molar-refractivity contribution in [1.29, 1.82) is 0 Å². The Balaban J connectivity index is 1.44. The van der Waals surface area contributed by atoms with Gasteiger partial charge in [0, 0.05) is 26.2 Å². The summed E-state index contributed by atoms with van der Waals surface area (Å²) in [5.41, 5.74) is 2.32. The van der Waals surface area contributed by atoms with Crippen molar-refractivity contribution >= 4 is 11.8 Å². The molecular weight excluding hydrogens is 408 g/mol. The topological polar surface area (TPSA) is 43.4 Å². The van der Waals surface area contributed by atoms with Crippen molar-refractivity contribution in [3.63, 3.8) is 0 Å². The van der Waals surface area contributed by atoms with E-state index in [0.29, 0.717) is 28.4 Å². The molecule has 0 unspecified atom stereocenters. The monoisotopic (exact) mass is 456 g/mol. The van der Waals surface area contributed by atoms with E-state index in [-0.39, 0.29) is 12.1 Å². The lowest BCUT2D eigenvalue weighted by Gasteiger charge is -2.58. The molecule has 0 radical (unpaired) electrons. The third kappa shape index (κ3) is 4.72. The molecule has 0 heterocycles. The number of carbonyl (C=O) groups excluding carboxylic acids is 2. The van der Waals surface area contributed by atoms with Crippen LogP contribution in [0.15, 0.2) is 11.6 Å². The van der Waals surface area contributed by atoms with Gasteiger partial charge in [0.2, 0.25) is 0 Å². The van der Waals surface area contributed by atoms with E-state index < -0.39 is 0 Å². The van der Waals surface area contributed by atoms with Crippen LogP contribution >= 0.6 is 0 Å². The lowest BCUT2D eigenvalue weighted by Crippen LogP contribution is -2.51. The molecule has 0 N–H and O–H groups in total. The van der Waals surface area contributed by atoms with Gasteiger partial charge < -0.3 is 4.74 Å². The Morgan fingerprint density at radius 1 is 1.06 bits per heavy atom. The van der Waals surface area contributed by atoms with Crippen LogP contribution in [0.25, 0.3) is 0 Å². The van der Waals surface area contributed by atoms with Gasteiger partial charge in [-0.3, -0.25) is 9.59 Å². The molecule has 8 atom stereocenters. The summed E-state index contributed by atoms with van der Waals surface area (Å²) in [5, 5.41) is 0. The number of ketones is 1. The van der Waals surface area contributed by atoms with E-state index in [2.05, 4.69) is 40.7 Å². The molecule has 33 heavy (non-hydrogen) atoms. The maximum atomic E-state index is 12.3. The number of carbonyl (C=O) groups is 2. The zero-order valence-corrected chi connectivity index (χ0v) is 22.1. The maximum Gasteiger partial charge on any atom is 0.302 e. The largest absolute Gasteiger partial charge is 0.462 e. The van der Waals surface area contributed by atoms with Crippen LogP contribution in [0.5, 0.6) is 0 Å². The van der Waals surface area contributed by atoms with Gasteiger partial charge in [0.15, 0.2) is 0 Å². The summed E-state index contributed by atoms with van der Waals surface area (Å²) in [6.07, 6.45) is 15.0. The molecule has 0 aromatic carbocycles. The van der Waals surface area contributed by atoms with Crippen LogP contribution in [0.4, 0.5) is 0 Å². The SMILES string of the molecule is CC(=O)O[C@H]1CC[C@@]2(C)C(=CC[C@H]3[C@@H]4CC[C@H]([C@H](C)CCC(=O)CC(C)C)[C@@]4(C)CC[C@@H]32)C1. The first-order valence-electron chi connectivity index (χ1n) is 13.9. The van der Waals surface area contributed by atoms with Crippen molar-refractivity contribution < 1.29 is 14.3 Å². The summed E-state index contributed by atoms with van der Waals surface area (Å²) in [4.78, 5) is 23.8. The van der Waals surface area contributed by atoms with Crippen LogP contribution in [0.3, 0.4) is 0 Å². The molecule has 3 fully saturated rings. The van der Waals surface area contributed by atoms with Crippen molar-refractivity contribution in [3.05, 3.63) is 11.6 Å². The third-order valence-electron chi connectivity index (χ3n) is 10.7. The number of fused-ring (bicyclic) bond motifs is 5. The van der Waals surface area contributed by atoms with Gasteiger partial charge in [0.1, 0.15) is 11.9 Å². The fraction of sp³-hybridized carbons (Fsp3) is 0.867. The molecule has 3 saturated carbocycles. The van der Waals surface area contributed by atoms with Crippen molar-refractivity contribution in [2.24, 2.45) is 46.3 Å². The van der Waals surface area contributed by atoms with Crippen molar-refractivity contribution in [2.45, 2.75) is 118 Å². The fourth-order valence-electron chi connectivity index (χ4n) is 9.09. The number of esters is 1. The number of allylic oxidation sites excluding steroid dienone is 1. The highest BCUT2D eigenvalue weighted by atomic mass is 16.5. The Morgan fingerprint density at radius 2 is 1.82 bits per heavy atom. The van der Waals surface area contributed by atoms with Crippen LogP contribution in [-0.2, 0) is 14.3 Å². The van der Waals surface area contributed by atoms with Gasteiger partial charge in [-0.15, -0.1) is 0 Å². The lowest BCUT2D eigenvalue weighted by atomic mass is 9.47. The minimum atomic E-state index is -0.136. The fourth-order valence-corrected chi connectivity index (χ4v) is 9.09. The lowest BCUT2D eigenvalue weighted by molar-refractivity contribution is -0.148. The predicted molar refractivity (Wildman–Crippen MR) is 134 cm³/mol. The molecule has 0 aromatic heterocycles. The number of hydrogen-bond donors (Lipinski definition) is 0. The molecule has 4 aliphatic carbocycles. The highest BCUT2D eigenvalue weighted by Gasteiger charge is 2.59. The van der Waals surface area contributed by atoms with E-state index in [0.717, 1.165) is 55.8 Å². The van der Waals surface area contributed by atoms with Crippen LogP contribution in [0, 0.1) is 46.3 Å². The van der Waals surface area contributed by atoms with Crippen molar-refractivity contribution in [3.8, 4) is 0 Å². The smallest absolute Gasteiger partial charge is 0.302 e.